The third kappa shape index (κ3) is 4.24. The van der Waals surface area contributed by atoms with E-state index in [1.54, 1.807) is 7.11 Å². The summed E-state index contributed by atoms with van der Waals surface area (Å²) >= 11 is 0. The Labute approximate surface area is 108 Å². The van der Waals surface area contributed by atoms with Crippen LogP contribution in [0.1, 0.15) is 24.5 Å². The molecule has 0 unspecified atom stereocenters. The Morgan fingerprint density at radius 2 is 2.06 bits per heavy atom. The first-order chi connectivity index (χ1) is 8.71. The van der Waals surface area contributed by atoms with Crippen molar-refractivity contribution >= 4 is 5.97 Å². The van der Waals surface area contributed by atoms with Crippen LogP contribution in [0.3, 0.4) is 0 Å². The summed E-state index contributed by atoms with van der Waals surface area (Å²) in [5.74, 6) is 0.555. The molecule has 98 valence electrons. The molecule has 0 heterocycles. The first kappa shape index (κ1) is 14.3. The molecule has 0 aromatic heterocycles. The lowest BCUT2D eigenvalue weighted by atomic mass is 10.00. The number of carbonyl (C=O) groups is 1. The molecule has 1 aromatic rings. The maximum absolute atomic E-state index is 11.0. The maximum atomic E-state index is 11.0. The van der Waals surface area contributed by atoms with E-state index in [2.05, 4.69) is 17.7 Å². The van der Waals surface area contributed by atoms with Crippen molar-refractivity contribution in [2.24, 2.45) is 0 Å². The second-order valence-electron chi connectivity index (χ2n) is 4.01. The van der Waals surface area contributed by atoms with E-state index < -0.39 is 0 Å². The van der Waals surface area contributed by atoms with E-state index in [-0.39, 0.29) is 5.97 Å². The molecule has 0 bridgehead atoms. The van der Waals surface area contributed by atoms with Crippen molar-refractivity contribution in [1.82, 2.24) is 0 Å². The van der Waals surface area contributed by atoms with Crippen molar-refractivity contribution in [3.05, 3.63) is 41.5 Å². The predicted molar refractivity (Wildman–Crippen MR) is 71.8 cm³/mol. The van der Waals surface area contributed by atoms with Crippen molar-refractivity contribution in [2.75, 3.05) is 14.2 Å². The summed E-state index contributed by atoms with van der Waals surface area (Å²) in [6.45, 7) is 2.15. The number of esters is 1. The van der Waals surface area contributed by atoms with Gasteiger partial charge in [0, 0.05) is 6.08 Å². The molecule has 0 radical (unpaired) electrons. The lowest BCUT2D eigenvalue weighted by Gasteiger charge is -2.09. The summed E-state index contributed by atoms with van der Waals surface area (Å²) < 4.78 is 9.78. The van der Waals surface area contributed by atoms with Crippen LogP contribution >= 0.6 is 0 Å². The number of rotatable bonds is 6. The van der Waals surface area contributed by atoms with E-state index >= 15 is 0 Å². The summed E-state index contributed by atoms with van der Waals surface area (Å²) in [5, 5.41) is 0. The molecule has 0 N–H and O–H groups in total. The molecule has 0 saturated carbocycles. The minimum Gasteiger partial charge on any atom is -0.497 e. The summed E-state index contributed by atoms with van der Waals surface area (Å²) in [5.41, 5.74) is 2.49. The predicted octanol–water partition coefficient (Wildman–Crippen LogP) is 2.92. The van der Waals surface area contributed by atoms with Crippen molar-refractivity contribution in [2.45, 2.75) is 26.2 Å². The van der Waals surface area contributed by atoms with Gasteiger partial charge in [-0.3, -0.25) is 0 Å². The van der Waals surface area contributed by atoms with Gasteiger partial charge in [-0.1, -0.05) is 25.5 Å². The number of allylic oxidation sites excluding steroid dienone is 1. The first-order valence-corrected chi connectivity index (χ1v) is 6.11. The third-order valence-corrected chi connectivity index (χ3v) is 2.73. The number of ether oxygens (including phenoxy) is 2. The highest BCUT2D eigenvalue weighted by Gasteiger charge is 2.03. The van der Waals surface area contributed by atoms with E-state index in [9.17, 15) is 4.79 Å². The number of carbonyl (C=O) groups excluding carboxylic acids is 1. The molecule has 3 heteroatoms. The summed E-state index contributed by atoms with van der Waals surface area (Å²) in [4.78, 5) is 11.0. The second kappa shape index (κ2) is 7.54. The zero-order chi connectivity index (χ0) is 13.4. The van der Waals surface area contributed by atoms with E-state index in [1.807, 2.05) is 18.2 Å². The van der Waals surface area contributed by atoms with Crippen LogP contribution in [-0.2, 0) is 22.4 Å². The third-order valence-electron chi connectivity index (χ3n) is 2.73. The van der Waals surface area contributed by atoms with Crippen LogP contribution in [0.5, 0.6) is 5.75 Å². The molecule has 0 fully saturated rings. The molecule has 3 nitrogen and oxygen atoms in total. The number of hydrogen-bond acceptors (Lipinski definition) is 3. The molecule has 0 aliphatic rings. The van der Waals surface area contributed by atoms with E-state index in [0.717, 1.165) is 25.0 Å². The number of methoxy groups -OCH3 is 2. The largest absolute Gasteiger partial charge is 0.497 e. The Bertz CT molecular complexity index is 422. The Balaban J connectivity index is 2.80. The maximum Gasteiger partial charge on any atom is 0.330 e. The zero-order valence-corrected chi connectivity index (χ0v) is 11.2. The molecule has 0 atom stereocenters. The zero-order valence-electron chi connectivity index (χ0n) is 11.2. The summed E-state index contributed by atoms with van der Waals surface area (Å²) in [6.07, 6.45) is 6.11. The monoisotopic (exact) mass is 248 g/mol. The molecule has 18 heavy (non-hydrogen) atoms. The quantitative estimate of drug-likeness (QED) is 0.573. The highest BCUT2D eigenvalue weighted by atomic mass is 16.5. The average Bonchev–Trinajstić information content (AvgIpc) is 2.40. The van der Waals surface area contributed by atoms with Gasteiger partial charge < -0.3 is 9.47 Å². The van der Waals surface area contributed by atoms with Crippen LogP contribution in [-0.4, -0.2) is 20.2 Å². The van der Waals surface area contributed by atoms with Crippen molar-refractivity contribution in [1.29, 1.82) is 0 Å². The van der Waals surface area contributed by atoms with Crippen LogP contribution in [0.2, 0.25) is 0 Å². The van der Waals surface area contributed by atoms with Gasteiger partial charge in [-0.15, -0.1) is 0 Å². The fraction of sp³-hybridized carbons (Fsp3) is 0.400. The van der Waals surface area contributed by atoms with E-state index in [4.69, 9.17) is 4.74 Å². The summed E-state index contributed by atoms with van der Waals surface area (Å²) in [7, 11) is 3.05. The van der Waals surface area contributed by atoms with Gasteiger partial charge in [0.2, 0.25) is 0 Å². The average molecular weight is 248 g/mol. The number of benzene rings is 1. The molecule has 0 aliphatic heterocycles. The van der Waals surface area contributed by atoms with Gasteiger partial charge in [0.05, 0.1) is 14.2 Å². The van der Waals surface area contributed by atoms with Crippen LogP contribution in [0, 0.1) is 0 Å². The molecule has 0 amide bonds. The van der Waals surface area contributed by atoms with Crippen molar-refractivity contribution in [3.8, 4) is 5.75 Å². The van der Waals surface area contributed by atoms with Crippen LogP contribution in [0.4, 0.5) is 0 Å². The SMILES string of the molecule is CCCc1cc(OC)ccc1C/C=C/C(=O)OC. The Kier molecular flexibility index (Phi) is 5.98. The molecule has 0 saturated heterocycles. The van der Waals surface area contributed by atoms with Gasteiger partial charge in [0.15, 0.2) is 0 Å². The number of aryl methyl sites for hydroxylation is 1. The molecular formula is C15H20O3. The van der Waals surface area contributed by atoms with Gasteiger partial charge in [0.25, 0.3) is 0 Å². The van der Waals surface area contributed by atoms with E-state index in [0.29, 0.717) is 0 Å². The summed E-state index contributed by atoms with van der Waals surface area (Å²) in [6, 6.07) is 6.05. The highest BCUT2D eigenvalue weighted by Crippen LogP contribution is 2.20. The fourth-order valence-corrected chi connectivity index (χ4v) is 1.78. The fourth-order valence-electron chi connectivity index (χ4n) is 1.78. The van der Waals surface area contributed by atoms with Crippen LogP contribution in [0.15, 0.2) is 30.4 Å². The topological polar surface area (TPSA) is 35.5 Å². The lowest BCUT2D eigenvalue weighted by molar-refractivity contribution is -0.134. The minimum atomic E-state index is -0.319. The van der Waals surface area contributed by atoms with Crippen LogP contribution in [0.25, 0.3) is 0 Å². The van der Waals surface area contributed by atoms with Crippen molar-refractivity contribution in [3.63, 3.8) is 0 Å². The van der Waals surface area contributed by atoms with Gasteiger partial charge in [-0.25, -0.2) is 4.79 Å². The molecule has 0 spiro atoms. The molecular weight excluding hydrogens is 228 g/mol. The first-order valence-electron chi connectivity index (χ1n) is 6.11. The normalized spacial score (nSPS) is 10.6. The van der Waals surface area contributed by atoms with Gasteiger partial charge in [-0.05, 0) is 36.1 Å². The van der Waals surface area contributed by atoms with Crippen molar-refractivity contribution < 1.29 is 14.3 Å². The second-order valence-corrected chi connectivity index (χ2v) is 4.01. The van der Waals surface area contributed by atoms with Crippen LogP contribution < -0.4 is 4.74 Å². The Hall–Kier alpha value is -1.77. The molecule has 1 aromatic carbocycles. The minimum absolute atomic E-state index is 0.319. The smallest absolute Gasteiger partial charge is 0.330 e. The van der Waals surface area contributed by atoms with E-state index in [1.165, 1.54) is 24.3 Å². The standard InChI is InChI=1S/C15H20O3/c1-4-6-13-11-14(17-2)10-9-12(13)7-5-8-15(16)18-3/h5,8-11H,4,6-7H2,1-3H3/b8-5+. The number of hydrogen-bond donors (Lipinski definition) is 0. The lowest BCUT2D eigenvalue weighted by Crippen LogP contribution is -1.97. The Morgan fingerprint density at radius 1 is 1.28 bits per heavy atom. The molecule has 0 aliphatic carbocycles. The van der Waals surface area contributed by atoms with Gasteiger partial charge in [-0.2, -0.15) is 0 Å². The van der Waals surface area contributed by atoms with Gasteiger partial charge >= 0.3 is 5.97 Å². The Morgan fingerprint density at radius 3 is 2.67 bits per heavy atom. The van der Waals surface area contributed by atoms with Gasteiger partial charge in [0.1, 0.15) is 5.75 Å². The molecule has 1 rings (SSSR count). The highest BCUT2D eigenvalue weighted by molar-refractivity contribution is 5.81.